The summed E-state index contributed by atoms with van der Waals surface area (Å²) in [5.74, 6) is -0.243. The van der Waals surface area contributed by atoms with Crippen LogP contribution in [0.2, 0.25) is 0 Å². The number of hydrogen-bond donors (Lipinski definition) is 1. The van der Waals surface area contributed by atoms with Crippen LogP contribution in [0.5, 0.6) is 10.9 Å². The van der Waals surface area contributed by atoms with E-state index in [-0.39, 0.29) is 22.8 Å². The minimum absolute atomic E-state index is 0.106. The number of alkyl halides is 6. The van der Waals surface area contributed by atoms with E-state index in [1.807, 2.05) is 0 Å². The van der Waals surface area contributed by atoms with Crippen LogP contribution in [0.1, 0.15) is 10.6 Å². The number of nitrogens with two attached hydrogens (primary N) is 1. The first-order valence-corrected chi connectivity index (χ1v) is 5.94. The highest BCUT2D eigenvalue weighted by atomic mass is 32.1. The Bertz CT molecular complexity index is 651. The zero-order valence-corrected chi connectivity index (χ0v) is 10.6. The predicted octanol–water partition coefficient (Wildman–Crippen LogP) is 3.95. The summed E-state index contributed by atoms with van der Waals surface area (Å²) in [5, 5.41) is 4.30. The molecular weight excluding hydrogens is 324 g/mol. The summed E-state index contributed by atoms with van der Waals surface area (Å²) in [6.07, 6.45) is -9.26. The quantitative estimate of drug-likeness (QED) is 0.669. The molecule has 1 aromatic heterocycles. The molecule has 2 N–H and O–H groups in total. The molecular formula is C10H5F6N3OS. The number of benzene rings is 1. The summed E-state index contributed by atoms with van der Waals surface area (Å²) in [7, 11) is 0. The van der Waals surface area contributed by atoms with E-state index in [0.717, 1.165) is 6.07 Å². The molecule has 0 radical (unpaired) electrons. The van der Waals surface area contributed by atoms with Gasteiger partial charge in [0.2, 0.25) is 5.01 Å². The molecule has 0 unspecified atom stereocenters. The lowest BCUT2D eigenvalue weighted by molar-refractivity contribution is -0.138. The number of nitrogens with zero attached hydrogens (tertiary/aromatic N) is 2. The summed E-state index contributed by atoms with van der Waals surface area (Å²) in [6.45, 7) is 0. The van der Waals surface area contributed by atoms with Crippen LogP contribution in [-0.4, -0.2) is 10.2 Å². The highest BCUT2D eigenvalue weighted by molar-refractivity contribution is 7.13. The summed E-state index contributed by atoms with van der Waals surface area (Å²) < 4.78 is 79.1. The normalized spacial score (nSPS) is 12.5. The van der Waals surface area contributed by atoms with Crippen LogP contribution in [0.3, 0.4) is 0 Å². The monoisotopic (exact) mass is 329 g/mol. The zero-order chi connectivity index (χ0) is 15.8. The number of aromatic nitrogens is 2. The molecule has 11 heteroatoms. The Balaban J connectivity index is 2.23. The second-order valence-electron chi connectivity index (χ2n) is 3.72. The molecule has 0 aliphatic rings. The lowest BCUT2D eigenvalue weighted by Crippen LogP contribution is -2.05. The molecule has 21 heavy (non-hydrogen) atoms. The van der Waals surface area contributed by atoms with E-state index in [2.05, 4.69) is 10.2 Å². The van der Waals surface area contributed by atoms with Gasteiger partial charge in [0.25, 0.3) is 5.19 Å². The SMILES string of the molecule is Nc1cc(C(F)(F)F)ccc1Oc1nnc(C(F)(F)F)s1. The number of ether oxygens (including phenoxy) is 1. The predicted molar refractivity (Wildman–Crippen MR) is 60.8 cm³/mol. The maximum atomic E-state index is 12.4. The second kappa shape index (κ2) is 5.06. The molecule has 4 nitrogen and oxygen atoms in total. The van der Waals surface area contributed by atoms with Crippen molar-refractivity contribution in [1.82, 2.24) is 10.2 Å². The Morgan fingerprint density at radius 1 is 1.00 bits per heavy atom. The number of halogens is 6. The molecule has 0 saturated heterocycles. The smallest absolute Gasteiger partial charge is 0.428 e. The van der Waals surface area contributed by atoms with Crippen LogP contribution in [-0.2, 0) is 12.4 Å². The average Bonchev–Trinajstić information content (AvgIpc) is 2.78. The third-order valence-corrected chi connectivity index (χ3v) is 3.03. The first-order valence-electron chi connectivity index (χ1n) is 5.12. The van der Waals surface area contributed by atoms with Gasteiger partial charge in [-0.1, -0.05) is 16.4 Å². The number of anilines is 1. The molecule has 0 saturated carbocycles. The minimum Gasteiger partial charge on any atom is -0.428 e. The zero-order valence-electron chi connectivity index (χ0n) is 9.79. The van der Waals surface area contributed by atoms with Crippen LogP contribution in [0.15, 0.2) is 18.2 Å². The van der Waals surface area contributed by atoms with E-state index >= 15 is 0 Å². The molecule has 0 spiro atoms. The van der Waals surface area contributed by atoms with Gasteiger partial charge in [-0.2, -0.15) is 26.3 Å². The van der Waals surface area contributed by atoms with Crippen molar-refractivity contribution in [2.75, 3.05) is 5.73 Å². The second-order valence-corrected chi connectivity index (χ2v) is 4.66. The molecule has 0 aliphatic carbocycles. The van der Waals surface area contributed by atoms with E-state index in [4.69, 9.17) is 10.5 Å². The van der Waals surface area contributed by atoms with Crippen molar-refractivity contribution in [3.05, 3.63) is 28.8 Å². The van der Waals surface area contributed by atoms with Crippen LogP contribution < -0.4 is 10.5 Å². The molecule has 0 amide bonds. The van der Waals surface area contributed by atoms with Crippen molar-refractivity contribution in [3.63, 3.8) is 0 Å². The lowest BCUT2D eigenvalue weighted by atomic mass is 10.2. The average molecular weight is 329 g/mol. The van der Waals surface area contributed by atoms with E-state index < -0.39 is 28.1 Å². The van der Waals surface area contributed by atoms with Gasteiger partial charge in [-0.25, -0.2) is 0 Å². The molecule has 1 heterocycles. The lowest BCUT2D eigenvalue weighted by Gasteiger charge is -2.10. The molecule has 2 aromatic rings. The van der Waals surface area contributed by atoms with E-state index in [1.54, 1.807) is 0 Å². The first kappa shape index (κ1) is 15.4. The van der Waals surface area contributed by atoms with Crippen molar-refractivity contribution in [2.24, 2.45) is 0 Å². The number of hydrogen-bond acceptors (Lipinski definition) is 5. The largest absolute Gasteiger partial charge is 0.445 e. The fraction of sp³-hybridized carbons (Fsp3) is 0.200. The van der Waals surface area contributed by atoms with Gasteiger partial charge >= 0.3 is 12.4 Å². The highest BCUT2D eigenvalue weighted by Crippen LogP contribution is 2.38. The summed E-state index contributed by atoms with van der Waals surface area (Å²) in [4.78, 5) is 0. The Labute approximate surface area is 117 Å². The molecule has 0 bridgehead atoms. The van der Waals surface area contributed by atoms with Crippen LogP contribution in [0.4, 0.5) is 32.0 Å². The van der Waals surface area contributed by atoms with Crippen molar-refractivity contribution in [3.8, 4) is 10.9 Å². The van der Waals surface area contributed by atoms with Gasteiger partial charge in [-0.3, -0.25) is 0 Å². The third kappa shape index (κ3) is 3.54. The van der Waals surface area contributed by atoms with Crippen molar-refractivity contribution in [2.45, 2.75) is 12.4 Å². The van der Waals surface area contributed by atoms with Crippen molar-refractivity contribution in [1.29, 1.82) is 0 Å². The van der Waals surface area contributed by atoms with Crippen molar-refractivity contribution < 1.29 is 31.1 Å². The van der Waals surface area contributed by atoms with E-state index in [1.165, 1.54) is 0 Å². The maximum Gasteiger partial charge on any atom is 0.445 e. The number of rotatable bonds is 2. The molecule has 0 aliphatic heterocycles. The summed E-state index contributed by atoms with van der Waals surface area (Å²) in [5.41, 5.74) is 3.99. The fourth-order valence-electron chi connectivity index (χ4n) is 1.28. The van der Waals surface area contributed by atoms with E-state index in [0.29, 0.717) is 12.1 Å². The molecule has 0 fully saturated rings. The highest BCUT2D eigenvalue weighted by Gasteiger charge is 2.36. The van der Waals surface area contributed by atoms with Gasteiger partial charge in [-0.05, 0) is 18.2 Å². The van der Waals surface area contributed by atoms with Gasteiger partial charge in [0.15, 0.2) is 5.75 Å². The van der Waals surface area contributed by atoms with E-state index in [9.17, 15) is 26.3 Å². The van der Waals surface area contributed by atoms with Gasteiger partial charge < -0.3 is 10.5 Å². The van der Waals surface area contributed by atoms with Crippen LogP contribution in [0.25, 0.3) is 0 Å². The van der Waals surface area contributed by atoms with Crippen LogP contribution >= 0.6 is 11.3 Å². The van der Waals surface area contributed by atoms with Gasteiger partial charge in [0.1, 0.15) is 0 Å². The molecule has 114 valence electrons. The molecule has 1 aromatic carbocycles. The number of nitrogen functional groups attached to an aromatic ring is 1. The van der Waals surface area contributed by atoms with Crippen molar-refractivity contribution >= 4 is 17.0 Å². The fourth-order valence-corrected chi connectivity index (χ4v) is 1.85. The molecule has 2 rings (SSSR count). The third-order valence-electron chi connectivity index (χ3n) is 2.18. The van der Waals surface area contributed by atoms with Gasteiger partial charge in [0.05, 0.1) is 11.3 Å². The Hall–Kier alpha value is -2.04. The molecule has 0 atom stereocenters. The minimum atomic E-state index is -4.68. The first-order chi connectivity index (χ1) is 9.57. The topological polar surface area (TPSA) is 61.0 Å². The van der Waals surface area contributed by atoms with Crippen LogP contribution in [0, 0.1) is 0 Å². The van der Waals surface area contributed by atoms with Gasteiger partial charge in [0, 0.05) is 0 Å². The Morgan fingerprint density at radius 3 is 2.14 bits per heavy atom. The Kier molecular flexibility index (Phi) is 3.70. The standard InChI is InChI=1S/C10H5F6N3OS/c11-9(12,13)4-1-2-6(5(17)3-4)20-8-19-18-7(21-8)10(14,15)16/h1-3H,17H2. The Morgan fingerprint density at radius 2 is 1.67 bits per heavy atom. The maximum absolute atomic E-state index is 12.4. The summed E-state index contributed by atoms with van der Waals surface area (Å²) in [6, 6.07) is 2.20. The summed E-state index contributed by atoms with van der Waals surface area (Å²) >= 11 is 0.106. The van der Waals surface area contributed by atoms with Gasteiger partial charge in [-0.15, -0.1) is 5.10 Å².